The zero-order valence-electron chi connectivity index (χ0n) is 12.5. The summed E-state index contributed by atoms with van der Waals surface area (Å²) in [6, 6.07) is 6.39. The highest BCUT2D eigenvalue weighted by Crippen LogP contribution is 2.21. The molecule has 116 valence electrons. The van der Waals surface area contributed by atoms with E-state index in [-0.39, 0.29) is 11.5 Å². The van der Waals surface area contributed by atoms with E-state index in [0.29, 0.717) is 15.2 Å². The van der Waals surface area contributed by atoms with Gasteiger partial charge in [-0.15, -0.1) is 0 Å². The van der Waals surface area contributed by atoms with Gasteiger partial charge in [-0.2, -0.15) is 0 Å². The summed E-state index contributed by atoms with van der Waals surface area (Å²) in [5.41, 5.74) is 2.19. The van der Waals surface area contributed by atoms with Crippen molar-refractivity contribution in [3.05, 3.63) is 61.4 Å². The zero-order valence-corrected chi connectivity index (χ0v) is 14.8. The van der Waals surface area contributed by atoms with Gasteiger partial charge < -0.3 is 9.88 Å². The van der Waals surface area contributed by atoms with Crippen molar-refractivity contribution in [1.82, 2.24) is 4.57 Å². The number of nitrogens with one attached hydrogen (secondary N) is 1. The number of benzene rings is 1. The van der Waals surface area contributed by atoms with E-state index >= 15 is 0 Å². The van der Waals surface area contributed by atoms with Crippen LogP contribution in [0.1, 0.15) is 24.1 Å². The van der Waals surface area contributed by atoms with Gasteiger partial charge in [-0.3, -0.25) is 9.59 Å². The first-order valence-corrected chi connectivity index (χ1v) is 7.92. The van der Waals surface area contributed by atoms with Gasteiger partial charge in [0.25, 0.3) is 5.56 Å². The summed E-state index contributed by atoms with van der Waals surface area (Å²) in [6.45, 7) is 5.43. The molecule has 0 aliphatic rings. The van der Waals surface area contributed by atoms with Crippen LogP contribution in [0.2, 0.25) is 5.02 Å². The largest absolute Gasteiger partial charge is 0.324 e. The highest BCUT2D eigenvalue weighted by atomic mass is 79.9. The molecule has 1 aromatic carbocycles. The van der Waals surface area contributed by atoms with Crippen molar-refractivity contribution in [2.24, 2.45) is 0 Å². The van der Waals surface area contributed by atoms with Gasteiger partial charge in [0.05, 0.1) is 4.47 Å². The molecule has 1 amide bonds. The number of hydrogen-bond donors (Lipinski definition) is 1. The van der Waals surface area contributed by atoms with E-state index in [4.69, 9.17) is 11.6 Å². The molecule has 1 aromatic heterocycles. The lowest BCUT2D eigenvalue weighted by molar-refractivity contribution is -0.118. The molecule has 0 saturated carbocycles. The molecule has 1 atom stereocenters. The Balaban J connectivity index is 2.26. The molecule has 2 aromatic rings. The Hall–Kier alpha value is -1.59. The summed E-state index contributed by atoms with van der Waals surface area (Å²) in [4.78, 5) is 24.5. The molecule has 0 saturated heterocycles. The number of anilines is 1. The van der Waals surface area contributed by atoms with Gasteiger partial charge in [0, 0.05) is 16.9 Å². The lowest BCUT2D eigenvalue weighted by Gasteiger charge is -2.16. The van der Waals surface area contributed by atoms with Crippen LogP contribution in [0.25, 0.3) is 0 Å². The molecular weight excluding hydrogens is 368 g/mol. The first kappa shape index (κ1) is 16.8. The van der Waals surface area contributed by atoms with Crippen LogP contribution in [0.5, 0.6) is 0 Å². The minimum atomic E-state index is -0.635. The Bertz CT molecular complexity index is 786. The van der Waals surface area contributed by atoms with Gasteiger partial charge in [-0.25, -0.2) is 0 Å². The van der Waals surface area contributed by atoms with Crippen LogP contribution in [-0.2, 0) is 4.79 Å². The van der Waals surface area contributed by atoms with E-state index in [1.807, 2.05) is 19.9 Å². The van der Waals surface area contributed by atoms with Gasteiger partial charge in [0.1, 0.15) is 6.04 Å². The fourth-order valence-corrected chi connectivity index (χ4v) is 2.78. The number of carbonyl (C=O) groups excluding carboxylic acids is 1. The van der Waals surface area contributed by atoms with Crippen LogP contribution in [0.4, 0.5) is 5.69 Å². The highest BCUT2D eigenvalue weighted by Gasteiger charge is 2.17. The molecule has 4 nitrogen and oxygen atoms in total. The molecule has 2 rings (SSSR count). The predicted molar refractivity (Wildman–Crippen MR) is 92.7 cm³/mol. The first-order chi connectivity index (χ1) is 10.3. The average Bonchev–Trinajstić information content (AvgIpc) is 2.46. The number of aryl methyl sites for hydroxylation is 2. The summed E-state index contributed by atoms with van der Waals surface area (Å²) in [6.07, 6.45) is 1.67. The lowest BCUT2D eigenvalue weighted by Crippen LogP contribution is -2.31. The average molecular weight is 384 g/mol. The van der Waals surface area contributed by atoms with Gasteiger partial charge >= 0.3 is 0 Å². The number of hydrogen-bond acceptors (Lipinski definition) is 2. The smallest absolute Gasteiger partial charge is 0.265 e. The number of aromatic nitrogens is 1. The summed E-state index contributed by atoms with van der Waals surface area (Å²) in [5.74, 6) is -0.278. The molecule has 1 unspecified atom stereocenters. The summed E-state index contributed by atoms with van der Waals surface area (Å²) < 4.78 is 1.84. The third-order valence-electron chi connectivity index (χ3n) is 3.37. The number of nitrogens with zero attached hydrogens (tertiary/aromatic N) is 1. The lowest BCUT2D eigenvalue weighted by atomic mass is 10.2. The Kier molecular flexibility index (Phi) is 5.08. The number of pyridine rings is 1. The van der Waals surface area contributed by atoms with Crippen LogP contribution in [0, 0.1) is 13.8 Å². The van der Waals surface area contributed by atoms with Crippen LogP contribution in [-0.4, -0.2) is 10.5 Å². The summed E-state index contributed by atoms with van der Waals surface area (Å²) in [7, 11) is 0. The van der Waals surface area contributed by atoms with Crippen molar-refractivity contribution in [3.63, 3.8) is 0 Å². The second-order valence-electron chi connectivity index (χ2n) is 5.21. The quantitative estimate of drug-likeness (QED) is 0.868. The van der Waals surface area contributed by atoms with E-state index < -0.39 is 6.04 Å². The van der Waals surface area contributed by atoms with Gasteiger partial charge in [-0.1, -0.05) is 17.7 Å². The Labute approximate surface area is 142 Å². The highest BCUT2D eigenvalue weighted by molar-refractivity contribution is 9.10. The normalized spacial score (nSPS) is 12.0. The molecule has 0 aliphatic heterocycles. The zero-order chi connectivity index (χ0) is 16.4. The van der Waals surface area contributed by atoms with Crippen molar-refractivity contribution in [2.45, 2.75) is 26.8 Å². The molecule has 6 heteroatoms. The summed E-state index contributed by atoms with van der Waals surface area (Å²) >= 11 is 9.26. The van der Waals surface area contributed by atoms with Gasteiger partial charge in [0.15, 0.2) is 0 Å². The van der Waals surface area contributed by atoms with Crippen molar-refractivity contribution in [2.75, 3.05) is 5.32 Å². The van der Waals surface area contributed by atoms with Crippen LogP contribution < -0.4 is 10.9 Å². The van der Waals surface area contributed by atoms with Gasteiger partial charge in [-0.05, 0) is 66.0 Å². The van der Waals surface area contributed by atoms with Crippen LogP contribution in [0.15, 0.2) is 39.7 Å². The fourth-order valence-electron chi connectivity index (χ4n) is 2.03. The van der Waals surface area contributed by atoms with Crippen LogP contribution >= 0.6 is 27.5 Å². The third-order valence-corrected chi connectivity index (χ3v) is 4.35. The third kappa shape index (κ3) is 3.59. The van der Waals surface area contributed by atoms with E-state index in [1.165, 1.54) is 4.57 Å². The van der Waals surface area contributed by atoms with E-state index in [2.05, 4.69) is 21.2 Å². The maximum absolute atomic E-state index is 12.4. The number of carbonyl (C=O) groups is 1. The standard InChI is InChI=1S/C16H16BrClN2O2/c1-9-6-13(17)16(22)20(8-9)11(3)15(21)19-12-5-4-10(2)14(18)7-12/h4-8,11H,1-3H3,(H,19,21). The van der Waals surface area contributed by atoms with Crippen LogP contribution in [0.3, 0.4) is 0 Å². The molecule has 0 aliphatic carbocycles. The van der Waals surface area contributed by atoms with E-state index in [9.17, 15) is 9.59 Å². The SMILES string of the molecule is Cc1cc(Br)c(=O)n(C(C)C(=O)Nc2ccc(C)c(Cl)c2)c1. The van der Waals surface area contributed by atoms with Crippen molar-refractivity contribution >= 4 is 39.1 Å². The molecule has 0 bridgehead atoms. The van der Waals surface area contributed by atoms with E-state index in [1.54, 1.807) is 31.3 Å². The number of amides is 1. The van der Waals surface area contributed by atoms with E-state index in [0.717, 1.165) is 11.1 Å². The first-order valence-electron chi connectivity index (χ1n) is 6.75. The molecule has 0 spiro atoms. The monoisotopic (exact) mass is 382 g/mol. The van der Waals surface area contributed by atoms with Crippen molar-refractivity contribution in [1.29, 1.82) is 0 Å². The molecule has 1 N–H and O–H groups in total. The Morgan fingerprint density at radius 2 is 2.00 bits per heavy atom. The summed E-state index contributed by atoms with van der Waals surface area (Å²) in [5, 5.41) is 3.36. The fraction of sp³-hybridized carbons (Fsp3) is 0.250. The molecule has 0 radical (unpaired) electrons. The predicted octanol–water partition coefficient (Wildman–Crippen LogP) is 4.08. The van der Waals surface area contributed by atoms with Gasteiger partial charge in [0.2, 0.25) is 5.91 Å². The number of halogens is 2. The minimum Gasteiger partial charge on any atom is -0.324 e. The Morgan fingerprint density at radius 3 is 2.64 bits per heavy atom. The second kappa shape index (κ2) is 6.67. The Morgan fingerprint density at radius 1 is 1.32 bits per heavy atom. The molecular formula is C16H16BrClN2O2. The topological polar surface area (TPSA) is 51.1 Å². The molecule has 1 heterocycles. The number of rotatable bonds is 3. The molecule has 0 fully saturated rings. The second-order valence-corrected chi connectivity index (χ2v) is 6.47. The maximum Gasteiger partial charge on any atom is 0.265 e. The van der Waals surface area contributed by atoms with Crippen molar-refractivity contribution in [3.8, 4) is 0 Å². The minimum absolute atomic E-state index is 0.241. The molecule has 22 heavy (non-hydrogen) atoms. The maximum atomic E-state index is 12.4. The van der Waals surface area contributed by atoms with Crippen molar-refractivity contribution < 1.29 is 4.79 Å².